The minimum atomic E-state index is -0.193. The van der Waals surface area contributed by atoms with Crippen molar-refractivity contribution in [3.05, 3.63) is 0 Å². The third-order valence-corrected chi connectivity index (χ3v) is 2.03. The average Bonchev–Trinajstić information content (AvgIpc) is 2.48. The second kappa shape index (κ2) is 5.62. The summed E-state index contributed by atoms with van der Waals surface area (Å²) in [5.74, 6) is 0.466. The molecule has 0 heterocycles. The Morgan fingerprint density at radius 2 is 2.00 bits per heavy atom. The van der Waals surface area contributed by atoms with Crippen molar-refractivity contribution >= 4 is 56.3 Å². The van der Waals surface area contributed by atoms with Gasteiger partial charge in [0.25, 0.3) is 0 Å². The van der Waals surface area contributed by atoms with Crippen LogP contribution >= 0.6 is 12.6 Å². The van der Waals surface area contributed by atoms with Crippen LogP contribution in [0.3, 0.4) is 0 Å². The fraction of sp³-hybridized carbons (Fsp3) is 0.833. The molecule has 0 aliphatic heterocycles. The Morgan fingerprint density at radius 1 is 1.55 bits per heavy atom. The SMILES string of the molecule is CC(=O)OC1(CS)CC1.[LiH].[LiH]. The second-order valence-corrected chi connectivity index (χ2v) is 2.75. The molecule has 0 bridgehead atoms. The minimum absolute atomic E-state index is 0. The van der Waals surface area contributed by atoms with E-state index in [1.807, 2.05) is 0 Å². The van der Waals surface area contributed by atoms with E-state index in [0.717, 1.165) is 12.8 Å². The predicted octanol–water partition coefficient (Wildman–Crippen LogP) is -0.285. The van der Waals surface area contributed by atoms with Gasteiger partial charge >= 0.3 is 43.7 Å². The molecule has 1 aliphatic carbocycles. The van der Waals surface area contributed by atoms with Crippen molar-refractivity contribution in [1.82, 2.24) is 0 Å². The van der Waals surface area contributed by atoms with Crippen LogP contribution in [0.5, 0.6) is 0 Å². The summed E-state index contributed by atoms with van der Waals surface area (Å²) in [6, 6.07) is 0. The number of esters is 1. The van der Waals surface area contributed by atoms with Crippen molar-refractivity contribution in [3.8, 4) is 0 Å². The van der Waals surface area contributed by atoms with Gasteiger partial charge in [-0.05, 0) is 12.8 Å². The number of ether oxygens (including phenoxy) is 1. The second-order valence-electron chi connectivity index (χ2n) is 2.43. The zero-order valence-electron chi connectivity index (χ0n) is 5.39. The molecule has 0 atom stereocenters. The maximum atomic E-state index is 10.4. The first-order valence-electron chi connectivity index (χ1n) is 2.99. The normalized spacial score (nSPS) is 17.3. The molecule has 0 saturated heterocycles. The Morgan fingerprint density at radius 3 is 2.09 bits per heavy atom. The number of hydrogen-bond donors (Lipinski definition) is 1. The van der Waals surface area contributed by atoms with Gasteiger partial charge < -0.3 is 4.74 Å². The molecule has 5 heteroatoms. The van der Waals surface area contributed by atoms with Gasteiger partial charge in [0.05, 0.1) is 0 Å². The molecule has 1 rings (SSSR count). The average molecular weight is 162 g/mol. The summed E-state index contributed by atoms with van der Waals surface area (Å²) < 4.78 is 4.98. The predicted molar refractivity (Wildman–Crippen MR) is 51.9 cm³/mol. The molecule has 2 nitrogen and oxygen atoms in total. The van der Waals surface area contributed by atoms with Crippen LogP contribution in [-0.4, -0.2) is 55.0 Å². The number of carbonyl (C=O) groups excluding carboxylic acids is 1. The number of rotatable bonds is 2. The summed E-state index contributed by atoms with van der Waals surface area (Å²) in [5.41, 5.74) is -0.172. The van der Waals surface area contributed by atoms with Crippen LogP contribution in [0.2, 0.25) is 0 Å². The van der Waals surface area contributed by atoms with Crippen molar-refractivity contribution in [2.75, 3.05) is 5.75 Å². The van der Waals surface area contributed by atoms with E-state index < -0.39 is 0 Å². The van der Waals surface area contributed by atoms with E-state index in [1.54, 1.807) is 0 Å². The van der Waals surface area contributed by atoms with E-state index in [2.05, 4.69) is 12.6 Å². The van der Waals surface area contributed by atoms with Crippen molar-refractivity contribution in [1.29, 1.82) is 0 Å². The first kappa shape index (κ1) is 14.5. The van der Waals surface area contributed by atoms with E-state index >= 15 is 0 Å². The molecule has 11 heavy (non-hydrogen) atoms. The fourth-order valence-corrected chi connectivity index (χ4v) is 1.12. The monoisotopic (exact) mass is 162 g/mol. The first-order chi connectivity index (χ1) is 4.18. The van der Waals surface area contributed by atoms with E-state index in [9.17, 15) is 4.79 Å². The Kier molecular flexibility index (Phi) is 7.43. The number of thiol groups is 1. The summed E-state index contributed by atoms with van der Waals surface area (Å²) in [5, 5.41) is 0. The van der Waals surface area contributed by atoms with Gasteiger partial charge in [0, 0.05) is 12.7 Å². The summed E-state index contributed by atoms with van der Waals surface area (Å²) in [4.78, 5) is 10.4. The molecule has 0 aromatic rings. The molecule has 1 aliphatic rings. The van der Waals surface area contributed by atoms with Crippen LogP contribution in [0.4, 0.5) is 0 Å². The quantitative estimate of drug-likeness (QED) is 0.343. The van der Waals surface area contributed by atoms with Crippen molar-refractivity contribution < 1.29 is 9.53 Å². The molecule has 0 aromatic heterocycles. The van der Waals surface area contributed by atoms with Crippen LogP contribution < -0.4 is 0 Å². The molecule has 0 radical (unpaired) electrons. The molecular formula is C6H12Li2O2S. The van der Waals surface area contributed by atoms with Gasteiger partial charge in [0.2, 0.25) is 0 Å². The van der Waals surface area contributed by atoms with Gasteiger partial charge in [0.1, 0.15) is 5.60 Å². The molecular weight excluding hydrogens is 150 g/mol. The third-order valence-electron chi connectivity index (χ3n) is 1.46. The first-order valence-corrected chi connectivity index (χ1v) is 3.62. The number of carbonyl (C=O) groups is 1. The molecule has 0 amide bonds. The van der Waals surface area contributed by atoms with Crippen LogP contribution in [0.25, 0.3) is 0 Å². The van der Waals surface area contributed by atoms with Gasteiger partial charge in [-0.15, -0.1) is 0 Å². The molecule has 1 saturated carbocycles. The van der Waals surface area contributed by atoms with Crippen molar-refractivity contribution in [2.24, 2.45) is 0 Å². The Labute approximate surface area is 96.6 Å². The number of hydrogen-bond acceptors (Lipinski definition) is 3. The molecule has 1 fully saturated rings. The van der Waals surface area contributed by atoms with Crippen molar-refractivity contribution in [3.63, 3.8) is 0 Å². The molecule has 0 aromatic carbocycles. The van der Waals surface area contributed by atoms with E-state index in [-0.39, 0.29) is 49.3 Å². The topological polar surface area (TPSA) is 26.3 Å². The summed E-state index contributed by atoms with van der Waals surface area (Å²) >= 11 is 4.06. The zero-order chi connectivity index (χ0) is 6.91. The van der Waals surface area contributed by atoms with Gasteiger partial charge in [0.15, 0.2) is 0 Å². The van der Waals surface area contributed by atoms with Crippen LogP contribution in [0.1, 0.15) is 19.8 Å². The van der Waals surface area contributed by atoms with E-state index in [1.165, 1.54) is 6.92 Å². The molecule has 0 unspecified atom stereocenters. The maximum absolute atomic E-state index is 10.4. The van der Waals surface area contributed by atoms with Gasteiger partial charge in [-0.3, -0.25) is 4.79 Å². The Balaban J connectivity index is 0. The fourth-order valence-electron chi connectivity index (χ4n) is 0.737. The van der Waals surface area contributed by atoms with Gasteiger partial charge in [-0.1, -0.05) is 0 Å². The standard InChI is InChI=1S/C6H10O2S.2Li.2H/c1-5(7)8-6(4-9)2-3-6;;;;/h9H,2-4H2,1H3;;;;. The van der Waals surface area contributed by atoms with Crippen LogP contribution in [0.15, 0.2) is 0 Å². The summed E-state index contributed by atoms with van der Waals surface area (Å²) in [6.07, 6.45) is 1.96. The summed E-state index contributed by atoms with van der Waals surface area (Å²) in [6.45, 7) is 1.43. The van der Waals surface area contributed by atoms with E-state index in [4.69, 9.17) is 4.74 Å². The van der Waals surface area contributed by atoms with E-state index in [0.29, 0.717) is 5.75 Å². The zero-order valence-corrected chi connectivity index (χ0v) is 6.28. The molecule has 0 N–H and O–H groups in total. The third kappa shape index (κ3) is 4.56. The van der Waals surface area contributed by atoms with Gasteiger partial charge in [-0.2, -0.15) is 12.6 Å². The molecule has 56 valence electrons. The van der Waals surface area contributed by atoms with Gasteiger partial charge in [-0.25, -0.2) is 0 Å². The van der Waals surface area contributed by atoms with Crippen LogP contribution in [0, 0.1) is 0 Å². The van der Waals surface area contributed by atoms with Crippen molar-refractivity contribution in [2.45, 2.75) is 25.4 Å². The Hall–Kier alpha value is 1.01. The summed E-state index contributed by atoms with van der Waals surface area (Å²) in [7, 11) is 0. The van der Waals surface area contributed by atoms with Crippen LogP contribution in [-0.2, 0) is 9.53 Å². The Bertz CT molecular complexity index is 137. The molecule has 0 spiro atoms.